The topological polar surface area (TPSA) is 84.5 Å². The quantitative estimate of drug-likeness (QED) is 0.789. The Morgan fingerprint density at radius 2 is 1.79 bits per heavy atom. The summed E-state index contributed by atoms with van der Waals surface area (Å²) in [6, 6.07) is 6.24. The van der Waals surface area contributed by atoms with E-state index in [4.69, 9.17) is 4.18 Å². The predicted molar refractivity (Wildman–Crippen MR) is 96.4 cm³/mol. The average Bonchev–Trinajstić information content (AvgIpc) is 3.01. The van der Waals surface area contributed by atoms with Gasteiger partial charge in [-0.25, -0.2) is 0 Å². The standard InChI is InChI=1S/C12H15NO4S.C3H9N.C2H6/c1-9-2-5-11(6-3-9)18(15,16)17-8-10-4-7-12(14)13-10;1-3-4-2;1-2/h2-3,5-6,10H,4,7-8H2,1H3,(H,13,14);4H,3H2,1-2H3;1-2H3. The molecule has 0 spiro atoms. The fraction of sp³-hybridized carbons (Fsp3) is 0.588. The zero-order valence-electron chi connectivity index (χ0n) is 15.3. The summed E-state index contributed by atoms with van der Waals surface area (Å²) in [4.78, 5) is 11.1. The second kappa shape index (κ2) is 12.0. The van der Waals surface area contributed by atoms with Crippen LogP contribution in [0.2, 0.25) is 0 Å². The molecule has 24 heavy (non-hydrogen) atoms. The van der Waals surface area contributed by atoms with Gasteiger partial charge in [0, 0.05) is 6.42 Å². The molecule has 1 aromatic carbocycles. The molecule has 1 saturated heterocycles. The highest BCUT2D eigenvalue weighted by atomic mass is 32.2. The van der Waals surface area contributed by atoms with Crippen molar-refractivity contribution in [2.75, 3.05) is 20.2 Å². The number of carbonyl (C=O) groups excluding carboxylic acids is 1. The van der Waals surface area contributed by atoms with Gasteiger partial charge in [0.2, 0.25) is 5.91 Å². The van der Waals surface area contributed by atoms with Crippen LogP contribution in [0.3, 0.4) is 0 Å². The number of rotatable bonds is 5. The lowest BCUT2D eigenvalue weighted by atomic mass is 10.2. The summed E-state index contributed by atoms with van der Waals surface area (Å²) in [5.74, 6) is -0.0590. The number of nitrogens with one attached hydrogen (secondary N) is 2. The smallest absolute Gasteiger partial charge is 0.297 e. The molecule has 1 amide bonds. The maximum absolute atomic E-state index is 11.8. The van der Waals surface area contributed by atoms with Crippen LogP contribution in [0.5, 0.6) is 0 Å². The van der Waals surface area contributed by atoms with Gasteiger partial charge in [-0.3, -0.25) is 8.98 Å². The number of hydrogen-bond donors (Lipinski definition) is 2. The van der Waals surface area contributed by atoms with E-state index in [1.807, 2.05) is 27.8 Å². The van der Waals surface area contributed by atoms with Crippen LogP contribution < -0.4 is 10.6 Å². The second-order valence-corrected chi connectivity index (χ2v) is 6.68. The van der Waals surface area contributed by atoms with Crippen molar-refractivity contribution in [3.8, 4) is 0 Å². The first kappa shape index (κ1) is 22.6. The van der Waals surface area contributed by atoms with Crippen molar-refractivity contribution < 1.29 is 17.4 Å². The zero-order chi connectivity index (χ0) is 18.6. The van der Waals surface area contributed by atoms with Gasteiger partial charge in [-0.15, -0.1) is 0 Å². The molecule has 0 aromatic heterocycles. The third-order valence-electron chi connectivity index (χ3n) is 3.17. The number of hydrogen-bond acceptors (Lipinski definition) is 5. The molecule has 0 aliphatic carbocycles. The summed E-state index contributed by atoms with van der Waals surface area (Å²) in [5.41, 5.74) is 0.983. The van der Waals surface area contributed by atoms with E-state index in [9.17, 15) is 13.2 Å². The molecule has 138 valence electrons. The van der Waals surface area contributed by atoms with Crippen molar-refractivity contribution in [1.29, 1.82) is 0 Å². The van der Waals surface area contributed by atoms with Gasteiger partial charge < -0.3 is 10.6 Å². The zero-order valence-corrected chi connectivity index (χ0v) is 16.1. The monoisotopic (exact) mass is 358 g/mol. The Kier molecular flexibility index (Phi) is 11.3. The summed E-state index contributed by atoms with van der Waals surface area (Å²) < 4.78 is 28.6. The molecule has 1 unspecified atom stereocenters. The van der Waals surface area contributed by atoms with Crippen molar-refractivity contribution in [3.05, 3.63) is 29.8 Å². The molecule has 0 radical (unpaired) electrons. The summed E-state index contributed by atoms with van der Waals surface area (Å²) >= 11 is 0. The lowest BCUT2D eigenvalue weighted by Gasteiger charge is -2.10. The highest BCUT2D eigenvalue weighted by Gasteiger charge is 2.24. The molecule has 1 aliphatic rings. The fourth-order valence-corrected chi connectivity index (χ4v) is 2.70. The van der Waals surface area contributed by atoms with Gasteiger partial charge in [0.15, 0.2) is 0 Å². The van der Waals surface area contributed by atoms with Crippen molar-refractivity contribution in [1.82, 2.24) is 10.6 Å². The molecule has 6 nitrogen and oxygen atoms in total. The van der Waals surface area contributed by atoms with Crippen molar-refractivity contribution >= 4 is 16.0 Å². The molecule has 2 N–H and O–H groups in total. The largest absolute Gasteiger partial charge is 0.351 e. The Morgan fingerprint density at radius 3 is 2.21 bits per heavy atom. The van der Waals surface area contributed by atoms with E-state index in [-0.39, 0.29) is 23.5 Å². The Hall–Kier alpha value is -1.44. The van der Waals surface area contributed by atoms with Crippen LogP contribution in [0.25, 0.3) is 0 Å². The maximum atomic E-state index is 11.8. The third-order valence-corrected chi connectivity index (χ3v) is 4.47. The van der Waals surface area contributed by atoms with Crippen molar-refractivity contribution in [3.63, 3.8) is 0 Å². The minimum Gasteiger partial charge on any atom is -0.351 e. The van der Waals surface area contributed by atoms with Crippen LogP contribution >= 0.6 is 0 Å². The van der Waals surface area contributed by atoms with E-state index in [2.05, 4.69) is 17.6 Å². The first-order valence-corrected chi connectivity index (χ1v) is 9.70. The van der Waals surface area contributed by atoms with Gasteiger partial charge in [-0.05, 0) is 39.1 Å². The summed E-state index contributed by atoms with van der Waals surface area (Å²) in [6.45, 7) is 9.01. The Balaban J connectivity index is 0.000000773. The van der Waals surface area contributed by atoms with Crippen LogP contribution in [0.1, 0.15) is 39.2 Å². The summed E-state index contributed by atoms with van der Waals surface area (Å²) in [7, 11) is -1.80. The SMILES string of the molecule is CC.CCNC.Cc1ccc(S(=O)(=O)OCC2CCC(=O)N2)cc1. The third kappa shape index (κ3) is 8.42. The average molecular weight is 359 g/mol. The van der Waals surface area contributed by atoms with E-state index >= 15 is 0 Å². The first-order valence-electron chi connectivity index (χ1n) is 8.29. The molecule has 2 rings (SSSR count). The lowest BCUT2D eigenvalue weighted by Crippen LogP contribution is -2.30. The molecular formula is C17H30N2O4S. The minimum absolute atomic E-state index is 0.0120. The number of benzene rings is 1. The van der Waals surface area contributed by atoms with Crippen LogP contribution in [-0.4, -0.2) is 40.6 Å². The molecule has 0 saturated carbocycles. The summed E-state index contributed by atoms with van der Waals surface area (Å²) in [6.07, 6.45) is 1.04. The van der Waals surface area contributed by atoms with Crippen LogP contribution in [0.15, 0.2) is 29.2 Å². The van der Waals surface area contributed by atoms with Gasteiger partial charge >= 0.3 is 0 Å². The number of amides is 1. The van der Waals surface area contributed by atoms with Gasteiger partial charge in [0.25, 0.3) is 10.1 Å². The maximum Gasteiger partial charge on any atom is 0.297 e. The molecule has 1 atom stereocenters. The van der Waals surface area contributed by atoms with Crippen LogP contribution in [0, 0.1) is 6.92 Å². The fourth-order valence-electron chi connectivity index (χ4n) is 1.75. The molecule has 1 aromatic rings. The Labute approximate surface area is 146 Å². The van der Waals surface area contributed by atoms with Gasteiger partial charge in [-0.2, -0.15) is 8.42 Å². The predicted octanol–water partition coefficient (Wildman–Crippen LogP) is 2.23. The van der Waals surface area contributed by atoms with Gasteiger partial charge in [-0.1, -0.05) is 38.5 Å². The lowest BCUT2D eigenvalue weighted by molar-refractivity contribution is -0.119. The highest BCUT2D eigenvalue weighted by Crippen LogP contribution is 2.15. The first-order chi connectivity index (χ1) is 11.4. The van der Waals surface area contributed by atoms with Crippen LogP contribution in [-0.2, 0) is 19.1 Å². The van der Waals surface area contributed by atoms with E-state index in [1.165, 1.54) is 12.1 Å². The van der Waals surface area contributed by atoms with E-state index in [1.54, 1.807) is 12.1 Å². The van der Waals surface area contributed by atoms with Crippen molar-refractivity contribution in [2.45, 2.75) is 51.5 Å². The van der Waals surface area contributed by atoms with Gasteiger partial charge in [0.1, 0.15) is 0 Å². The number of carbonyl (C=O) groups is 1. The van der Waals surface area contributed by atoms with E-state index in [0.717, 1.165) is 12.1 Å². The summed E-state index contributed by atoms with van der Waals surface area (Å²) in [5, 5.41) is 5.59. The highest BCUT2D eigenvalue weighted by molar-refractivity contribution is 7.86. The molecule has 7 heteroatoms. The minimum atomic E-state index is -3.73. The molecule has 1 fully saturated rings. The normalized spacial score (nSPS) is 16.4. The van der Waals surface area contributed by atoms with E-state index < -0.39 is 10.1 Å². The molecule has 1 heterocycles. The molecular weight excluding hydrogens is 328 g/mol. The number of aryl methyl sites for hydroxylation is 1. The van der Waals surface area contributed by atoms with Crippen LogP contribution in [0.4, 0.5) is 0 Å². The second-order valence-electron chi connectivity index (χ2n) is 5.06. The Bertz CT molecular complexity index is 569. The molecule has 1 aliphatic heterocycles. The van der Waals surface area contributed by atoms with Gasteiger partial charge in [0.05, 0.1) is 17.5 Å². The Morgan fingerprint density at radius 1 is 1.25 bits per heavy atom. The molecule has 0 bridgehead atoms. The van der Waals surface area contributed by atoms with Crippen molar-refractivity contribution in [2.24, 2.45) is 0 Å². The van der Waals surface area contributed by atoms with E-state index in [0.29, 0.717) is 12.8 Å².